The first-order chi connectivity index (χ1) is 8.99. The number of anilines is 1. The van der Waals surface area contributed by atoms with E-state index in [0.717, 1.165) is 0 Å². The summed E-state index contributed by atoms with van der Waals surface area (Å²) in [7, 11) is 1.35. The van der Waals surface area contributed by atoms with Gasteiger partial charge in [-0.2, -0.15) is 0 Å². The van der Waals surface area contributed by atoms with Gasteiger partial charge in [0.15, 0.2) is 5.82 Å². The summed E-state index contributed by atoms with van der Waals surface area (Å²) in [6.07, 6.45) is -1.87. The number of hydrogen-bond donors (Lipinski definition) is 3. The maximum absolute atomic E-state index is 11.2. The quantitative estimate of drug-likeness (QED) is 0.586. The van der Waals surface area contributed by atoms with Crippen LogP contribution in [0.4, 0.5) is 5.82 Å². The number of carbonyl (C=O) groups is 1. The normalized spacial score (nSPS) is 13.7. The summed E-state index contributed by atoms with van der Waals surface area (Å²) in [5, 5.41) is 19.6. The van der Waals surface area contributed by atoms with Crippen LogP contribution in [0.3, 0.4) is 0 Å². The van der Waals surface area contributed by atoms with Gasteiger partial charge >= 0.3 is 5.97 Å². The minimum atomic E-state index is -1.38. The predicted molar refractivity (Wildman–Crippen MR) is 65.2 cm³/mol. The fraction of sp³-hybridized carbons (Fsp3) is 0.545. The first-order valence-corrected chi connectivity index (χ1v) is 5.67. The maximum atomic E-state index is 11.2. The van der Waals surface area contributed by atoms with Crippen molar-refractivity contribution < 1.29 is 24.5 Å². The van der Waals surface area contributed by atoms with Crippen molar-refractivity contribution in [2.24, 2.45) is 0 Å². The Morgan fingerprint density at radius 3 is 2.79 bits per heavy atom. The maximum Gasteiger partial charge on any atom is 0.308 e. The van der Waals surface area contributed by atoms with E-state index in [1.165, 1.54) is 13.3 Å². The molecule has 0 saturated heterocycles. The molecule has 8 nitrogen and oxygen atoms in total. The Hall–Kier alpha value is -1.93. The van der Waals surface area contributed by atoms with Gasteiger partial charge in [0, 0.05) is 0 Å². The number of esters is 1. The van der Waals surface area contributed by atoms with Crippen LogP contribution in [0.2, 0.25) is 0 Å². The highest BCUT2D eigenvalue weighted by Crippen LogP contribution is 2.22. The fourth-order valence-corrected chi connectivity index (χ4v) is 1.39. The molecule has 19 heavy (non-hydrogen) atoms. The van der Waals surface area contributed by atoms with Crippen LogP contribution in [-0.2, 0) is 9.53 Å². The van der Waals surface area contributed by atoms with Crippen molar-refractivity contribution in [2.75, 3.05) is 19.5 Å². The summed E-state index contributed by atoms with van der Waals surface area (Å²) in [4.78, 5) is 18.9. The molecule has 4 N–H and O–H groups in total. The van der Waals surface area contributed by atoms with Crippen molar-refractivity contribution in [1.29, 1.82) is 0 Å². The first-order valence-electron chi connectivity index (χ1n) is 5.67. The lowest BCUT2D eigenvalue weighted by atomic mass is 10.1. The number of carbonyl (C=O) groups excluding carboxylic acids is 1. The Kier molecular flexibility index (Phi) is 5.46. The number of nitrogens with zero attached hydrogens (tertiary/aromatic N) is 2. The van der Waals surface area contributed by atoms with Gasteiger partial charge in [0.05, 0.1) is 38.1 Å². The van der Waals surface area contributed by atoms with E-state index in [1.807, 2.05) is 0 Å². The SMILES string of the molecule is CCOC(=O)CC(O)C(O)c1cnc(N)c(OC)n1. The average Bonchev–Trinajstić information content (AvgIpc) is 2.38. The molecule has 106 valence electrons. The molecule has 2 atom stereocenters. The highest BCUT2D eigenvalue weighted by atomic mass is 16.5. The van der Waals surface area contributed by atoms with Gasteiger partial charge in [0.2, 0.25) is 0 Å². The first kappa shape index (κ1) is 15.1. The molecule has 0 radical (unpaired) electrons. The molecule has 0 aliphatic rings. The Bertz CT molecular complexity index is 440. The predicted octanol–water partition coefficient (Wildman–Crippen LogP) is -0.585. The Morgan fingerprint density at radius 2 is 2.21 bits per heavy atom. The van der Waals surface area contributed by atoms with Crippen LogP contribution in [0.25, 0.3) is 0 Å². The van der Waals surface area contributed by atoms with Crippen LogP contribution in [-0.4, -0.2) is 46.0 Å². The van der Waals surface area contributed by atoms with Crippen molar-refractivity contribution in [3.8, 4) is 5.88 Å². The molecule has 1 aromatic heterocycles. The number of nitrogens with two attached hydrogens (primary N) is 1. The third-order valence-electron chi connectivity index (χ3n) is 2.33. The van der Waals surface area contributed by atoms with Crippen LogP contribution in [0, 0.1) is 0 Å². The molecule has 0 spiro atoms. The van der Waals surface area contributed by atoms with E-state index in [4.69, 9.17) is 10.5 Å². The van der Waals surface area contributed by atoms with Gasteiger partial charge in [-0.25, -0.2) is 9.97 Å². The molecular weight excluding hydrogens is 254 g/mol. The van der Waals surface area contributed by atoms with Gasteiger partial charge in [-0.1, -0.05) is 0 Å². The Morgan fingerprint density at radius 1 is 1.53 bits per heavy atom. The zero-order valence-corrected chi connectivity index (χ0v) is 10.7. The number of nitrogen functional groups attached to an aromatic ring is 1. The van der Waals surface area contributed by atoms with Gasteiger partial charge in [-0.05, 0) is 6.92 Å². The summed E-state index contributed by atoms with van der Waals surface area (Å²) >= 11 is 0. The van der Waals surface area contributed by atoms with E-state index >= 15 is 0 Å². The number of rotatable bonds is 6. The lowest BCUT2D eigenvalue weighted by Gasteiger charge is -2.17. The number of hydrogen-bond acceptors (Lipinski definition) is 8. The van der Waals surface area contributed by atoms with Crippen molar-refractivity contribution >= 4 is 11.8 Å². The van der Waals surface area contributed by atoms with E-state index in [1.54, 1.807) is 6.92 Å². The molecule has 0 aliphatic heterocycles. The van der Waals surface area contributed by atoms with Gasteiger partial charge in [0.25, 0.3) is 5.88 Å². The summed E-state index contributed by atoms with van der Waals surface area (Å²) < 4.78 is 9.52. The molecule has 0 fully saturated rings. The molecule has 1 aromatic rings. The molecule has 0 aromatic carbocycles. The highest BCUT2D eigenvalue weighted by molar-refractivity contribution is 5.70. The van der Waals surface area contributed by atoms with E-state index in [0.29, 0.717) is 0 Å². The number of ether oxygens (including phenoxy) is 2. The second-order valence-corrected chi connectivity index (χ2v) is 3.71. The molecule has 1 heterocycles. The van der Waals surface area contributed by atoms with Crippen LogP contribution in [0.1, 0.15) is 25.1 Å². The minimum absolute atomic E-state index is 0.0416. The summed E-state index contributed by atoms with van der Waals surface area (Å²) in [6, 6.07) is 0. The third kappa shape index (κ3) is 4.04. The van der Waals surface area contributed by atoms with Crippen molar-refractivity contribution in [1.82, 2.24) is 9.97 Å². The molecule has 0 bridgehead atoms. The second kappa shape index (κ2) is 6.86. The van der Waals surface area contributed by atoms with Crippen LogP contribution < -0.4 is 10.5 Å². The fourth-order valence-electron chi connectivity index (χ4n) is 1.39. The lowest BCUT2D eigenvalue weighted by Crippen LogP contribution is -2.24. The molecular formula is C11H17N3O5. The van der Waals surface area contributed by atoms with Gasteiger partial charge in [0.1, 0.15) is 6.10 Å². The summed E-state index contributed by atoms with van der Waals surface area (Å²) in [5.74, 6) is -0.498. The minimum Gasteiger partial charge on any atom is -0.478 e. The van der Waals surface area contributed by atoms with Crippen molar-refractivity contribution in [3.05, 3.63) is 11.9 Å². The van der Waals surface area contributed by atoms with Crippen LogP contribution >= 0.6 is 0 Å². The summed E-state index contributed by atoms with van der Waals surface area (Å²) in [6.45, 7) is 1.86. The van der Waals surface area contributed by atoms with Gasteiger partial charge in [-0.15, -0.1) is 0 Å². The zero-order chi connectivity index (χ0) is 14.4. The highest BCUT2D eigenvalue weighted by Gasteiger charge is 2.24. The van der Waals surface area contributed by atoms with E-state index in [-0.39, 0.29) is 30.4 Å². The summed E-state index contributed by atoms with van der Waals surface area (Å²) in [5.41, 5.74) is 5.54. The molecule has 2 unspecified atom stereocenters. The van der Waals surface area contributed by atoms with Crippen LogP contribution in [0.5, 0.6) is 5.88 Å². The second-order valence-electron chi connectivity index (χ2n) is 3.71. The van der Waals surface area contributed by atoms with Crippen molar-refractivity contribution in [3.63, 3.8) is 0 Å². The van der Waals surface area contributed by atoms with Gasteiger partial charge in [-0.3, -0.25) is 4.79 Å². The average molecular weight is 271 g/mol. The Labute approximate surface area is 110 Å². The monoisotopic (exact) mass is 271 g/mol. The standard InChI is InChI=1S/C11H17N3O5/c1-3-19-8(16)4-7(15)9(17)6-5-13-10(12)11(14-6)18-2/h5,7,9,15,17H,3-4H2,1-2H3,(H2,12,13). The Balaban J connectivity index is 2.76. The zero-order valence-electron chi connectivity index (χ0n) is 10.7. The number of aliphatic hydroxyl groups excluding tert-OH is 2. The molecule has 0 aliphatic carbocycles. The smallest absolute Gasteiger partial charge is 0.308 e. The molecule has 0 saturated carbocycles. The number of aromatic nitrogens is 2. The largest absolute Gasteiger partial charge is 0.478 e. The van der Waals surface area contributed by atoms with E-state index in [2.05, 4.69) is 14.7 Å². The molecule has 0 amide bonds. The number of methoxy groups -OCH3 is 1. The molecule has 1 rings (SSSR count). The van der Waals surface area contributed by atoms with E-state index in [9.17, 15) is 15.0 Å². The third-order valence-corrected chi connectivity index (χ3v) is 2.33. The topological polar surface area (TPSA) is 128 Å². The van der Waals surface area contributed by atoms with Crippen molar-refractivity contribution in [2.45, 2.75) is 25.6 Å². The van der Waals surface area contributed by atoms with Gasteiger partial charge < -0.3 is 25.4 Å². The lowest BCUT2D eigenvalue weighted by molar-refractivity contribution is -0.147. The molecule has 8 heteroatoms. The van der Waals surface area contributed by atoms with E-state index < -0.39 is 18.2 Å². The van der Waals surface area contributed by atoms with Crippen LogP contribution in [0.15, 0.2) is 6.20 Å². The number of aliphatic hydroxyl groups is 2.